The van der Waals surface area contributed by atoms with Crippen molar-refractivity contribution in [3.63, 3.8) is 0 Å². The van der Waals surface area contributed by atoms with E-state index in [0.717, 1.165) is 38.6 Å². The number of hydrogen-bond donors (Lipinski definition) is 0. The van der Waals surface area contributed by atoms with Gasteiger partial charge >= 0.3 is 0 Å². The summed E-state index contributed by atoms with van der Waals surface area (Å²) in [5.74, 6) is 2.10. The molecule has 1 aliphatic carbocycles. The first kappa shape index (κ1) is 13.0. The highest BCUT2D eigenvalue weighted by atomic mass is 16.7. The maximum atomic E-state index is 12.6. The molecule has 5 heteroatoms. The number of hydrogen-bond acceptors (Lipinski definition) is 4. The van der Waals surface area contributed by atoms with E-state index in [1.54, 1.807) is 5.06 Å². The normalized spacial score (nSPS) is 38.2. The van der Waals surface area contributed by atoms with Crippen LogP contribution >= 0.6 is 0 Å². The van der Waals surface area contributed by atoms with Crippen molar-refractivity contribution in [3.8, 4) is 0 Å². The molecule has 3 heterocycles. The second-order valence-electron chi connectivity index (χ2n) is 6.86. The highest BCUT2D eigenvalue weighted by Crippen LogP contribution is 2.38. The number of rotatable bonds is 3. The van der Waals surface area contributed by atoms with Crippen LogP contribution in [0.1, 0.15) is 19.3 Å². The Bertz CT molecular complexity index is 379. The van der Waals surface area contributed by atoms with Gasteiger partial charge in [-0.1, -0.05) is 0 Å². The van der Waals surface area contributed by atoms with Crippen molar-refractivity contribution in [1.82, 2.24) is 9.96 Å². The lowest BCUT2D eigenvalue weighted by Crippen LogP contribution is -2.45. The van der Waals surface area contributed by atoms with Gasteiger partial charge in [0.1, 0.15) is 0 Å². The number of hydroxylamine groups is 2. The van der Waals surface area contributed by atoms with Crippen molar-refractivity contribution in [2.75, 3.05) is 46.0 Å². The molecule has 0 N–H and O–H groups in total. The third-order valence-electron chi connectivity index (χ3n) is 5.24. The van der Waals surface area contributed by atoms with Gasteiger partial charge in [0.2, 0.25) is 0 Å². The van der Waals surface area contributed by atoms with Crippen LogP contribution in [0.5, 0.6) is 0 Å². The van der Waals surface area contributed by atoms with Gasteiger partial charge in [-0.15, -0.1) is 0 Å². The zero-order valence-electron chi connectivity index (χ0n) is 12.0. The molecule has 0 aromatic carbocycles. The Labute approximate surface area is 120 Å². The van der Waals surface area contributed by atoms with Crippen LogP contribution in [0.15, 0.2) is 0 Å². The number of carbonyl (C=O) groups excluding carboxylic acids is 1. The Morgan fingerprint density at radius 3 is 2.85 bits per heavy atom. The van der Waals surface area contributed by atoms with E-state index in [9.17, 15) is 4.79 Å². The molecule has 20 heavy (non-hydrogen) atoms. The molecule has 4 fully saturated rings. The first-order chi connectivity index (χ1) is 9.81. The van der Waals surface area contributed by atoms with E-state index in [2.05, 4.69) is 4.90 Å². The molecule has 0 spiro atoms. The molecule has 0 aromatic rings. The Hall–Kier alpha value is -0.650. The van der Waals surface area contributed by atoms with Gasteiger partial charge in [-0.2, -0.15) is 0 Å². The molecule has 4 rings (SSSR count). The van der Waals surface area contributed by atoms with Gasteiger partial charge in [0, 0.05) is 19.6 Å². The molecular weight excluding hydrogens is 256 g/mol. The van der Waals surface area contributed by atoms with Crippen LogP contribution in [-0.4, -0.2) is 61.9 Å². The van der Waals surface area contributed by atoms with E-state index >= 15 is 0 Å². The fourth-order valence-corrected chi connectivity index (χ4v) is 3.97. The lowest BCUT2D eigenvalue weighted by molar-refractivity contribution is -0.181. The first-order valence-corrected chi connectivity index (χ1v) is 8.05. The summed E-state index contributed by atoms with van der Waals surface area (Å²) in [6.07, 6.45) is 3.75. The van der Waals surface area contributed by atoms with Crippen molar-refractivity contribution in [1.29, 1.82) is 0 Å². The molecule has 3 aliphatic heterocycles. The standard InChI is InChI=1S/C15H24N2O3/c18-15(17-4-1-5-20-17)14-10-19-9-12-7-16(8-13(12)14)6-11-2-3-11/h11-14H,1-10H2/t12-,13-,14-/m1/s1. The van der Waals surface area contributed by atoms with Gasteiger partial charge in [0.15, 0.2) is 0 Å². The van der Waals surface area contributed by atoms with Crippen LogP contribution in [0.3, 0.4) is 0 Å². The Kier molecular flexibility index (Phi) is 3.44. The predicted octanol–water partition coefficient (Wildman–Crippen LogP) is 0.755. The van der Waals surface area contributed by atoms with E-state index in [1.807, 2.05) is 0 Å². The molecule has 4 aliphatic rings. The molecule has 0 radical (unpaired) electrons. The molecule has 112 valence electrons. The minimum absolute atomic E-state index is 0.0102. The summed E-state index contributed by atoms with van der Waals surface area (Å²) < 4.78 is 5.72. The highest BCUT2D eigenvalue weighted by Gasteiger charge is 2.46. The number of carbonyl (C=O) groups is 1. The van der Waals surface area contributed by atoms with Crippen molar-refractivity contribution >= 4 is 5.91 Å². The van der Waals surface area contributed by atoms with Gasteiger partial charge in [-0.25, -0.2) is 5.06 Å². The second-order valence-corrected chi connectivity index (χ2v) is 6.86. The Morgan fingerprint density at radius 2 is 2.10 bits per heavy atom. The molecule has 0 unspecified atom stereocenters. The topological polar surface area (TPSA) is 42.0 Å². The smallest absolute Gasteiger partial charge is 0.251 e. The maximum absolute atomic E-state index is 12.6. The van der Waals surface area contributed by atoms with Crippen molar-refractivity contribution in [2.45, 2.75) is 19.3 Å². The lowest BCUT2D eigenvalue weighted by atomic mass is 9.82. The molecule has 5 nitrogen and oxygen atoms in total. The van der Waals surface area contributed by atoms with Crippen molar-refractivity contribution in [2.24, 2.45) is 23.7 Å². The zero-order valence-corrected chi connectivity index (χ0v) is 12.0. The summed E-state index contributed by atoms with van der Waals surface area (Å²) >= 11 is 0. The monoisotopic (exact) mass is 280 g/mol. The van der Waals surface area contributed by atoms with Gasteiger partial charge in [0.05, 0.1) is 32.3 Å². The van der Waals surface area contributed by atoms with E-state index in [0.29, 0.717) is 25.0 Å². The van der Waals surface area contributed by atoms with Gasteiger partial charge in [-0.05, 0) is 37.0 Å². The summed E-state index contributed by atoms with van der Waals surface area (Å²) in [7, 11) is 0. The molecule has 0 aromatic heterocycles. The van der Waals surface area contributed by atoms with Gasteiger partial charge in [-0.3, -0.25) is 9.63 Å². The van der Waals surface area contributed by atoms with Crippen LogP contribution < -0.4 is 0 Å². The van der Waals surface area contributed by atoms with Crippen LogP contribution in [0.2, 0.25) is 0 Å². The van der Waals surface area contributed by atoms with Crippen LogP contribution in [0.4, 0.5) is 0 Å². The number of nitrogens with zero attached hydrogens (tertiary/aromatic N) is 2. The summed E-state index contributed by atoms with van der Waals surface area (Å²) in [5, 5.41) is 1.58. The Morgan fingerprint density at radius 1 is 1.20 bits per heavy atom. The summed E-state index contributed by atoms with van der Waals surface area (Å²) in [6, 6.07) is 0. The van der Waals surface area contributed by atoms with Crippen molar-refractivity contribution in [3.05, 3.63) is 0 Å². The first-order valence-electron chi connectivity index (χ1n) is 8.05. The average Bonchev–Trinajstić information content (AvgIpc) is 2.95. The molecule has 1 amide bonds. The molecule has 3 saturated heterocycles. The fraction of sp³-hybridized carbons (Fsp3) is 0.933. The van der Waals surface area contributed by atoms with E-state index in [4.69, 9.17) is 9.57 Å². The fourth-order valence-electron chi connectivity index (χ4n) is 3.97. The van der Waals surface area contributed by atoms with Crippen molar-refractivity contribution < 1.29 is 14.4 Å². The third kappa shape index (κ3) is 2.47. The lowest BCUT2D eigenvalue weighted by Gasteiger charge is -2.33. The molecule has 3 atom stereocenters. The average molecular weight is 280 g/mol. The van der Waals surface area contributed by atoms with Gasteiger partial charge in [0.25, 0.3) is 5.91 Å². The molecule has 1 saturated carbocycles. The quantitative estimate of drug-likeness (QED) is 0.765. The number of amides is 1. The largest absolute Gasteiger partial charge is 0.380 e. The molecular formula is C15H24N2O3. The highest BCUT2D eigenvalue weighted by molar-refractivity contribution is 5.78. The Balaban J connectivity index is 1.42. The minimum Gasteiger partial charge on any atom is -0.380 e. The van der Waals surface area contributed by atoms with Crippen LogP contribution in [0.25, 0.3) is 0 Å². The number of fused-ring (bicyclic) bond motifs is 1. The summed E-state index contributed by atoms with van der Waals surface area (Å²) in [5.41, 5.74) is 0. The van der Waals surface area contributed by atoms with E-state index < -0.39 is 0 Å². The van der Waals surface area contributed by atoms with Crippen LogP contribution in [0, 0.1) is 23.7 Å². The van der Waals surface area contributed by atoms with E-state index in [-0.39, 0.29) is 11.8 Å². The van der Waals surface area contributed by atoms with Crippen LogP contribution in [-0.2, 0) is 14.4 Å². The molecule has 0 bridgehead atoms. The van der Waals surface area contributed by atoms with Gasteiger partial charge < -0.3 is 9.64 Å². The van der Waals surface area contributed by atoms with E-state index in [1.165, 1.54) is 19.4 Å². The predicted molar refractivity (Wildman–Crippen MR) is 72.7 cm³/mol. The summed E-state index contributed by atoms with van der Waals surface area (Å²) in [6.45, 7) is 6.27. The second kappa shape index (κ2) is 5.28. The zero-order chi connectivity index (χ0) is 13.5. The number of ether oxygens (including phenoxy) is 1. The maximum Gasteiger partial charge on any atom is 0.251 e. The number of likely N-dealkylation sites (tertiary alicyclic amines) is 1. The summed E-state index contributed by atoms with van der Waals surface area (Å²) in [4.78, 5) is 20.6. The third-order valence-corrected chi connectivity index (χ3v) is 5.24. The minimum atomic E-state index is 0.0102. The SMILES string of the molecule is O=C([C@@H]1COC[C@H]2CN(CC3CC3)C[C@H]21)N1CCCO1.